The van der Waals surface area contributed by atoms with Crippen LogP contribution in [0.4, 0.5) is 10.2 Å². The summed E-state index contributed by atoms with van der Waals surface area (Å²) in [6, 6.07) is 9.19. The minimum absolute atomic E-state index is 0.133. The summed E-state index contributed by atoms with van der Waals surface area (Å²) in [5.74, 6) is -1.05. The lowest BCUT2D eigenvalue weighted by Crippen LogP contribution is -2.07. The fraction of sp³-hybridized carbons (Fsp3) is 0.0833. The van der Waals surface area contributed by atoms with Crippen LogP contribution in [0.15, 0.2) is 36.4 Å². The third-order valence-corrected chi connectivity index (χ3v) is 2.30. The Morgan fingerprint density at radius 3 is 2.61 bits per heavy atom. The Balaban J connectivity index is 2.02. The molecule has 0 aliphatic heterocycles. The summed E-state index contributed by atoms with van der Waals surface area (Å²) < 4.78 is 13.3. The third-order valence-electron chi connectivity index (χ3n) is 2.30. The predicted molar refractivity (Wildman–Crippen MR) is 62.7 cm³/mol. The molecule has 0 bridgehead atoms. The fourth-order valence-electron chi connectivity index (χ4n) is 1.37. The number of anilines is 1. The number of rotatable bonds is 4. The molecule has 6 heteroatoms. The van der Waals surface area contributed by atoms with E-state index >= 15 is 0 Å². The second kappa shape index (κ2) is 5.22. The summed E-state index contributed by atoms with van der Waals surface area (Å²) >= 11 is 0. The number of aromatic nitrogens is 2. The number of nitrogens with zero attached hydrogens (tertiary/aromatic N) is 2. The van der Waals surface area contributed by atoms with Crippen molar-refractivity contribution < 1.29 is 14.3 Å². The summed E-state index contributed by atoms with van der Waals surface area (Å²) in [5.41, 5.74) is 0.369. The molecule has 1 aromatic heterocycles. The van der Waals surface area contributed by atoms with Gasteiger partial charge in [-0.25, -0.2) is 9.18 Å². The quantitative estimate of drug-likeness (QED) is 0.863. The topological polar surface area (TPSA) is 75.1 Å². The number of aromatic carboxylic acids is 1. The van der Waals surface area contributed by atoms with E-state index in [0.29, 0.717) is 11.4 Å². The average Bonchev–Trinajstić information content (AvgIpc) is 2.38. The van der Waals surface area contributed by atoms with Gasteiger partial charge >= 0.3 is 5.97 Å². The first-order valence-corrected chi connectivity index (χ1v) is 5.21. The number of hydrogen-bond acceptors (Lipinski definition) is 4. The summed E-state index contributed by atoms with van der Waals surface area (Å²) in [6.07, 6.45) is 0. The molecule has 0 amide bonds. The van der Waals surface area contributed by atoms with Crippen molar-refractivity contribution in [3.05, 3.63) is 53.5 Å². The molecule has 0 atom stereocenters. The molecule has 2 aromatic rings. The highest BCUT2D eigenvalue weighted by atomic mass is 19.1. The number of carbonyl (C=O) groups is 1. The van der Waals surface area contributed by atoms with Gasteiger partial charge in [-0.2, -0.15) is 0 Å². The smallest absolute Gasteiger partial charge is 0.356 e. The molecule has 5 nitrogen and oxygen atoms in total. The third kappa shape index (κ3) is 2.79. The molecule has 2 rings (SSSR count). The molecule has 0 aliphatic rings. The molecule has 1 heterocycles. The highest BCUT2D eigenvalue weighted by Crippen LogP contribution is 2.09. The molecule has 0 saturated heterocycles. The fourth-order valence-corrected chi connectivity index (χ4v) is 1.37. The van der Waals surface area contributed by atoms with Crippen LogP contribution in [0, 0.1) is 5.82 Å². The second-order valence-electron chi connectivity index (χ2n) is 3.55. The molecule has 18 heavy (non-hydrogen) atoms. The maximum atomic E-state index is 13.3. The molecular weight excluding hydrogens is 237 g/mol. The minimum Gasteiger partial charge on any atom is -0.476 e. The van der Waals surface area contributed by atoms with Crippen molar-refractivity contribution in [1.29, 1.82) is 0 Å². The van der Waals surface area contributed by atoms with Gasteiger partial charge in [0.2, 0.25) is 0 Å². The van der Waals surface area contributed by atoms with Crippen LogP contribution in [0.3, 0.4) is 0 Å². The molecular formula is C12H10FN3O2. The van der Waals surface area contributed by atoms with Crippen LogP contribution in [0.1, 0.15) is 16.1 Å². The number of halogens is 1. The Kier molecular flexibility index (Phi) is 3.47. The first kappa shape index (κ1) is 12.0. The van der Waals surface area contributed by atoms with Crippen molar-refractivity contribution in [3.63, 3.8) is 0 Å². The average molecular weight is 247 g/mol. The van der Waals surface area contributed by atoms with Gasteiger partial charge < -0.3 is 10.4 Å². The maximum Gasteiger partial charge on any atom is 0.356 e. The lowest BCUT2D eigenvalue weighted by molar-refractivity contribution is 0.0689. The summed E-state index contributed by atoms with van der Waals surface area (Å²) in [5, 5.41) is 18.7. The van der Waals surface area contributed by atoms with Crippen LogP contribution in [-0.4, -0.2) is 21.3 Å². The van der Waals surface area contributed by atoms with Crippen molar-refractivity contribution in [2.24, 2.45) is 0 Å². The first-order chi connectivity index (χ1) is 8.66. The van der Waals surface area contributed by atoms with E-state index in [1.807, 2.05) is 0 Å². The molecule has 0 fully saturated rings. The zero-order chi connectivity index (χ0) is 13.0. The molecule has 0 unspecified atom stereocenters. The van der Waals surface area contributed by atoms with Crippen LogP contribution in [0.5, 0.6) is 0 Å². The van der Waals surface area contributed by atoms with Gasteiger partial charge in [-0.3, -0.25) is 0 Å². The molecule has 92 valence electrons. The Morgan fingerprint density at radius 1 is 1.22 bits per heavy atom. The van der Waals surface area contributed by atoms with Crippen molar-refractivity contribution in [2.45, 2.75) is 6.54 Å². The van der Waals surface area contributed by atoms with Crippen LogP contribution in [0.25, 0.3) is 0 Å². The van der Waals surface area contributed by atoms with E-state index in [4.69, 9.17) is 5.11 Å². The summed E-state index contributed by atoms with van der Waals surface area (Å²) in [6.45, 7) is 0.258. The number of carboxylic acid groups (broad SMARTS) is 1. The van der Waals surface area contributed by atoms with Crippen LogP contribution in [0.2, 0.25) is 0 Å². The van der Waals surface area contributed by atoms with Gasteiger partial charge in [-0.1, -0.05) is 18.2 Å². The molecule has 1 aromatic carbocycles. The SMILES string of the molecule is O=C(O)c1ccc(NCc2ccccc2F)nn1. The molecule has 0 saturated carbocycles. The molecule has 0 aliphatic carbocycles. The van der Waals surface area contributed by atoms with E-state index in [1.165, 1.54) is 18.2 Å². The van der Waals surface area contributed by atoms with Crippen LogP contribution in [-0.2, 0) is 6.54 Å². The Hall–Kier alpha value is -2.50. The van der Waals surface area contributed by atoms with Crippen molar-refractivity contribution in [1.82, 2.24) is 10.2 Å². The van der Waals surface area contributed by atoms with Crippen molar-refractivity contribution in [2.75, 3.05) is 5.32 Å². The van der Waals surface area contributed by atoms with Gasteiger partial charge in [0.25, 0.3) is 0 Å². The van der Waals surface area contributed by atoms with Gasteiger partial charge in [0.05, 0.1) is 0 Å². The van der Waals surface area contributed by atoms with Crippen LogP contribution < -0.4 is 5.32 Å². The monoisotopic (exact) mass is 247 g/mol. The number of benzene rings is 1. The van der Waals surface area contributed by atoms with Gasteiger partial charge in [-0.15, -0.1) is 10.2 Å². The molecule has 0 spiro atoms. The lowest BCUT2D eigenvalue weighted by atomic mass is 10.2. The molecule has 2 N–H and O–H groups in total. The summed E-state index contributed by atoms with van der Waals surface area (Å²) in [4.78, 5) is 10.6. The number of carboxylic acids is 1. The zero-order valence-corrected chi connectivity index (χ0v) is 9.30. The van der Waals surface area contributed by atoms with Gasteiger partial charge in [0.15, 0.2) is 5.69 Å². The highest BCUT2D eigenvalue weighted by Gasteiger charge is 2.05. The number of nitrogens with one attached hydrogen (secondary N) is 1. The van der Waals surface area contributed by atoms with Gasteiger partial charge in [0, 0.05) is 12.1 Å². The Bertz CT molecular complexity index is 558. The Labute approximate surface area is 102 Å². The lowest BCUT2D eigenvalue weighted by Gasteiger charge is -2.05. The zero-order valence-electron chi connectivity index (χ0n) is 9.30. The number of hydrogen-bond donors (Lipinski definition) is 2. The van der Waals surface area contributed by atoms with E-state index in [1.54, 1.807) is 18.2 Å². The largest absolute Gasteiger partial charge is 0.476 e. The Morgan fingerprint density at radius 2 is 2.00 bits per heavy atom. The molecule has 0 radical (unpaired) electrons. The first-order valence-electron chi connectivity index (χ1n) is 5.21. The van der Waals surface area contributed by atoms with E-state index in [9.17, 15) is 9.18 Å². The highest BCUT2D eigenvalue weighted by molar-refractivity contribution is 5.85. The van der Waals surface area contributed by atoms with Crippen LogP contribution >= 0.6 is 0 Å². The summed E-state index contributed by atoms with van der Waals surface area (Å²) in [7, 11) is 0. The van der Waals surface area contributed by atoms with E-state index in [0.717, 1.165) is 0 Å². The van der Waals surface area contributed by atoms with Crippen molar-refractivity contribution >= 4 is 11.8 Å². The second-order valence-corrected chi connectivity index (χ2v) is 3.55. The van der Waals surface area contributed by atoms with Gasteiger partial charge in [0.1, 0.15) is 11.6 Å². The predicted octanol–water partition coefficient (Wildman–Crippen LogP) is 1.93. The minimum atomic E-state index is -1.14. The van der Waals surface area contributed by atoms with Crippen molar-refractivity contribution in [3.8, 4) is 0 Å². The maximum absolute atomic E-state index is 13.3. The van der Waals surface area contributed by atoms with E-state index in [2.05, 4.69) is 15.5 Å². The van der Waals surface area contributed by atoms with Gasteiger partial charge in [-0.05, 0) is 18.2 Å². The normalized spacial score (nSPS) is 10.1. The standard InChI is InChI=1S/C12H10FN3O2/c13-9-4-2-1-3-8(9)7-14-11-6-5-10(12(17)18)15-16-11/h1-6H,7H2,(H,14,16)(H,17,18). The van der Waals surface area contributed by atoms with E-state index < -0.39 is 5.97 Å². The van der Waals surface area contributed by atoms with E-state index in [-0.39, 0.29) is 18.1 Å².